The molecule has 2 N–H and O–H groups in total. The zero-order chi connectivity index (χ0) is 14.5. The molecule has 6 nitrogen and oxygen atoms in total. The molecule has 112 valence electrons. The summed E-state index contributed by atoms with van der Waals surface area (Å²) in [6, 6.07) is 0. The Morgan fingerprint density at radius 3 is 2.95 bits per heavy atom. The predicted molar refractivity (Wildman–Crippen MR) is 79.2 cm³/mol. The molecule has 1 aliphatic heterocycles. The van der Waals surface area contributed by atoms with E-state index in [1.165, 1.54) is 0 Å². The van der Waals surface area contributed by atoms with Gasteiger partial charge in [-0.1, -0.05) is 6.92 Å². The number of nitrogens with zero attached hydrogens (tertiary/aromatic N) is 3. The van der Waals surface area contributed by atoms with Crippen LogP contribution in [0.25, 0.3) is 0 Å². The van der Waals surface area contributed by atoms with Gasteiger partial charge in [0.05, 0.1) is 18.8 Å². The molecule has 1 saturated heterocycles. The number of nitrogens with one attached hydrogen (secondary N) is 1. The maximum Gasteiger partial charge on any atom is 0.137 e. The normalized spacial score (nSPS) is 22.9. The van der Waals surface area contributed by atoms with Crippen molar-refractivity contribution < 1.29 is 9.84 Å². The number of aliphatic hydroxyl groups is 1. The zero-order valence-corrected chi connectivity index (χ0v) is 12.5. The lowest BCUT2D eigenvalue weighted by molar-refractivity contribution is -0.0423. The standard InChI is InChI=1S/C14H24N4O2/c1-4-5-15-13-11(3)14(17-9-16-13)18-6-10(2)20-12(7-18)8-19/h9-10,12,19H,4-8H2,1-3H3,(H,15,16,17). The van der Waals surface area contributed by atoms with E-state index in [2.05, 4.69) is 27.1 Å². The summed E-state index contributed by atoms with van der Waals surface area (Å²) in [5.41, 5.74) is 1.05. The van der Waals surface area contributed by atoms with E-state index in [1.54, 1.807) is 6.33 Å². The Balaban J connectivity index is 2.18. The Hall–Kier alpha value is -1.40. The number of aliphatic hydroxyl groups excluding tert-OH is 1. The van der Waals surface area contributed by atoms with Crippen LogP contribution in [0.1, 0.15) is 25.8 Å². The Morgan fingerprint density at radius 1 is 1.45 bits per heavy atom. The Kier molecular flexibility index (Phi) is 5.14. The van der Waals surface area contributed by atoms with Gasteiger partial charge < -0.3 is 20.1 Å². The maximum atomic E-state index is 9.32. The monoisotopic (exact) mass is 280 g/mol. The number of aromatic nitrogens is 2. The Bertz CT molecular complexity index is 441. The molecule has 6 heteroatoms. The molecule has 20 heavy (non-hydrogen) atoms. The molecule has 0 bridgehead atoms. The van der Waals surface area contributed by atoms with Crippen molar-refractivity contribution in [3.8, 4) is 0 Å². The van der Waals surface area contributed by atoms with E-state index in [-0.39, 0.29) is 18.8 Å². The number of anilines is 2. The summed E-state index contributed by atoms with van der Waals surface area (Å²) in [5.74, 6) is 1.81. The number of morpholine rings is 1. The highest BCUT2D eigenvalue weighted by Crippen LogP contribution is 2.25. The summed E-state index contributed by atoms with van der Waals surface area (Å²) in [6.45, 7) is 8.54. The number of rotatable bonds is 5. The van der Waals surface area contributed by atoms with Crippen molar-refractivity contribution in [2.75, 3.05) is 36.5 Å². The van der Waals surface area contributed by atoms with E-state index in [4.69, 9.17) is 4.74 Å². The number of hydrogen-bond donors (Lipinski definition) is 2. The lowest BCUT2D eigenvalue weighted by atomic mass is 10.2. The molecule has 1 aromatic rings. The summed E-state index contributed by atoms with van der Waals surface area (Å²) < 4.78 is 5.67. The molecule has 0 aromatic carbocycles. The minimum absolute atomic E-state index is 0.0336. The average Bonchev–Trinajstić information content (AvgIpc) is 2.45. The van der Waals surface area contributed by atoms with Crippen LogP contribution in [0.5, 0.6) is 0 Å². The molecule has 0 saturated carbocycles. The minimum Gasteiger partial charge on any atom is -0.394 e. The van der Waals surface area contributed by atoms with Crippen molar-refractivity contribution in [1.82, 2.24) is 9.97 Å². The van der Waals surface area contributed by atoms with Crippen LogP contribution >= 0.6 is 0 Å². The first kappa shape index (κ1) is 15.0. The van der Waals surface area contributed by atoms with Crippen molar-refractivity contribution in [3.05, 3.63) is 11.9 Å². The van der Waals surface area contributed by atoms with Crippen molar-refractivity contribution in [2.24, 2.45) is 0 Å². The molecule has 0 radical (unpaired) electrons. The third kappa shape index (κ3) is 3.37. The van der Waals surface area contributed by atoms with Gasteiger partial charge in [0.1, 0.15) is 18.0 Å². The molecule has 2 heterocycles. The first-order chi connectivity index (χ1) is 9.65. The summed E-state index contributed by atoms with van der Waals surface area (Å²) in [6.07, 6.45) is 2.58. The van der Waals surface area contributed by atoms with Crippen LogP contribution in [-0.4, -0.2) is 53.5 Å². The lowest BCUT2D eigenvalue weighted by Gasteiger charge is -2.37. The smallest absolute Gasteiger partial charge is 0.137 e. The molecule has 1 fully saturated rings. The van der Waals surface area contributed by atoms with Crippen molar-refractivity contribution in [2.45, 2.75) is 39.4 Å². The van der Waals surface area contributed by atoms with Gasteiger partial charge in [-0.25, -0.2) is 9.97 Å². The van der Waals surface area contributed by atoms with Gasteiger partial charge in [0.2, 0.25) is 0 Å². The van der Waals surface area contributed by atoms with Crippen LogP contribution in [0.3, 0.4) is 0 Å². The first-order valence-corrected chi connectivity index (χ1v) is 7.22. The fourth-order valence-corrected chi connectivity index (χ4v) is 2.50. The van der Waals surface area contributed by atoms with E-state index in [0.29, 0.717) is 6.54 Å². The van der Waals surface area contributed by atoms with Crippen LogP contribution in [0.15, 0.2) is 6.33 Å². The molecule has 2 rings (SSSR count). The van der Waals surface area contributed by atoms with Crippen LogP contribution in [0.4, 0.5) is 11.6 Å². The SMILES string of the molecule is CCCNc1ncnc(N2CC(C)OC(CO)C2)c1C. The summed E-state index contributed by atoms with van der Waals surface area (Å²) in [7, 11) is 0. The average molecular weight is 280 g/mol. The molecule has 0 aliphatic carbocycles. The van der Waals surface area contributed by atoms with Crippen LogP contribution < -0.4 is 10.2 Å². The van der Waals surface area contributed by atoms with Crippen LogP contribution in [0, 0.1) is 6.92 Å². The first-order valence-electron chi connectivity index (χ1n) is 7.22. The quantitative estimate of drug-likeness (QED) is 0.844. The van der Waals surface area contributed by atoms with Crippen molar-refractivity contribution in [1.29, 1.82) is 0 Å². The Labute approximate surface area is 120 Å². The zero-order valence-electron chi connectivity index (χ0n) is 12.5. The van der Waals surface area contributed by atoms with E-state index in [9.17, 15) is 5.11 Å². The molecule has 0 amide bonds. The van der Waals surface area contributed by atoms with Crippen molar-refractivity contribution in [3.63, 3.8) is 0 Å². The number of ether oxygens (including phenoxy) is 1. The van der Waals surface area contributed by atoms with Crippen LogP contribution in [-0.2, 0) is 4.74 Å². The second-order valence-corrected chi connectivity index (χ2v) is 5.25. The fourth-order valence-electron chi connectivity index (χ4n) is 2.50. The number of hydrogen-bond acceptors (Lipinski definition) is 6. The third-order valence-corrected chi connectivity index (χ3v) is 3.43. The predicted octanol–water partition coefficient (Wildman–Crippen LogP) is 1.19. The molecule has 2 atom stereocenters. The van der Waals surface area contributed by atoms with Gasteiger partial charge >= 0.3 is 0 Å². The van der Waals surface area contributed by atoms with Gasteiger partial charge in [-0.2, -0.15) is 0 Å². The second-order valence-electron chi connectivity index (χ2n) is 5.25. The summed E-state index contributed by atoms with van der Waals surface area (Å²) in [4.78, 5) is 10.9. The highest BCUT2D eigenvalue weighted by Gasteiger charge is 2.27. The highest BCUT2D eigenvalue weighted by atomic mass is 16.5. The second kappa shape index (κ2) is 6.85. The third-order valence-electron chi connectivity index (χ3n) is 3.43. The molecule has 2 unspecified atom stereocenters. The molecular formula is C14H24N4O2. The van der Waals surface area contributed by atoms with Gasteiger partial charge in [-0.3, -0.25) is 0 Å². The summed E-state index contributed by atoms with van der Waals surface area (Å²) >= 11 is 0. The van der Waals surface area contributed by atoms with Crippen molar-refractivity contribution >= 4 is 11.6 Å². The molecule has 1 aliphatic rings. The lowest BCUT2D eigenvalue weighted by Crippen LogP contribution is -2.48. The van der Waals surface area contributed by atoms with E-state index in [1.807, 2.05) is 13.8 Å². The van der Waals surface area contributed by atoms with Gasteiger partial charge in [-0.05, 0) is 20.3 Å². The molecule has 1 aromatic heterocycles. The van der Waals surface area contributed by atoms with Crippen LogP contribution in [0.2, 0.25) is 0 Å². The van der Waals surface area contributed by atoms with Gasteiger partial charge in [-0.15, -0.1) is 0 Å². The van der Waals surface area contributed by atoms with Gasteiger partial charge in [0, 0.05) is 25.2 Å². The molecule has 0 spiro atoms. The Morgan fingerprint density at radius 2 is 2.25 bits per heavy atom. The van der Waals surface area contributed by atoms with E-state index >= 15 is 0 Å². The maximum absolute atomic E-state index is 9.32. The highest BCUT2D eigenvalue weighted by molar-refractivity contribution is 5.58. The van der Waals surface area contributed by atoms with E-state index < -0.39 is 0 Å². The largest absolute Gasteiger partial charge is 0.394 e. The van der Waals surface area contributed by atoms with Gasteiger partial charge in [0.25, 0.3) is 0 Å². The fraction of sp³-hybridized carbons (Fsp3) is 0.714. The topological polar surface area (TPSA) is 70.5 Å². The van der Waals surface area contributed by atoms with E-state index in [0.717, 1.165) is 36.7 Å². The van der Waals surface area contributed by atoms with Gasteiger partial charge in [0.15, 0.2) is 0 Å². The molecular weight excluding hydrogens is 256 g/mol. The minimum atomic E-state index is -0.153. The summed E-state index contributed by atoms with van der Waals surface area (Å²) in [5, 5.41) is 12.6.